The van der Waals surface area contributed by atoms with E-state index in [9.17, 15) is 0 Å². The summed E-state index contributed by atoms with van der Waals surface area (Å²) in [5, 5.41) is 8.85. The molecule has 15 heavy (non-hydrogen) atoms. The molecule has 0 N–H and O–H groups in total. The molecule has 0 saturated carbocycles. The molecule has 2 nitrogen and oxygen atoms in total. The third-order valence-electron chi connectivity index (χ3n) is 2.40. The van der Waals surface area contributed by atoms with E-state index in [1.807, 2.05) is 42.5 Å². The average Bonchev–Trinajstić information content (AvgIpc) is 2.31. The molecule has 0 radical (unpaired) electrons. The van der Waals surface area contributed by atoms with E-state index in [1.165, 1.54) is 5.56 Å². The largest absolute Gasteiger partial charge is 0.269 e. The summed E-state index contributed by atoms with van der Waals surface area (Å²) in [5.41, 5.74) is 3.09. The maximum absolute atomic E-state index is 8.85. The van der Waals surface area contributed by atoms with Gasteiger partial charge in [-0.25, -0.2) is 10.1 Å². The molecule has 0 fully saturated rings. The maximum atomic E-state index is 8.85. The normalized spacial score (nSPS) is 16.1. The fourth-order valence-corrected chi connectivity index (χ4v) is 1.71. The Kier molecular flexibility index (Phi) is 2.35. The number of rotatable bonds is 0. The van der Waals surface area contributed by atoms with Crippen LogP contribution in [0.4, 0.5) is 0 Å². The Morgan fingerprint density at radius 3 is 2.93 bits per heavy atom. The van der Waals surface area contributed by atoms with Crippen LogP contribution < -0.4 is 0 Å². The van der Waals surface area contributed by atoms with E-state index < -0.39 is 0 Å². The van der Waals surface area contributed by atoms with Crippen molar-refractivity contribution in [3.63, 3.8) is 0 Å². The van der Waals surface area contributed by atoms with Gasteiger partial charge in [0.1, 0.15) is 0 Å². The number of nitrogens with zero attached hydrogens (tertiary/aromatic N) is 2. The lowest BCUT2D eigenvalue weighted by atomic mass is 9.91. The summed E-state index contributed by atoms with van der Waals surface area (Å²) in [4.78, 5) is 3.25. The van der Waals surface area contributed by atoms with Gasteiger partial charge in [0.2, 0.25) is 0 Å². The zero-order valence-corrected chi connectivity index (χ0v) is 8.07. The molecule has 0 atom stereocenters. The minimum absolute atomic E-state index is 0.165. The van der Waals surface area contributed by atoms with Crippen molar-refractivity contribution in [3.05, 3.63) is 64.7 Å². The van der Waals surface area contributed by atoms with E-state index in [-0.39, 0.29) is 5.70 Å². The Hall–Kier alpha value is -2.32. The lowest BCUT2D eigenvalue weighted by Crippen LogP contribution is -1.97. The van der Waals surface area contributed by atoms with Crippen molar-refractivity contribution in [1.82, 2.24) is 0 Å². The van der Waals surface area contributed by atoms with Gasteiger partial charge >= 0.3 is 0 Å². The van der Waals surface area contributed by atoms with E-state index in [0.717, 1.165) is 17.6 Å². The first kappa shape index (κ1) is 9.24. The van der Waals surface area contributed by atoms with Crippen LogP contribution >= 0.6 is 0 Å². The van der Waals surface area contributed by atoms with Gasteiger partial charge < -0.3 is 0 Å². The SMILES string of the molecule is [C-]#[N+]/C(C#N)=C1/C=CCc2ccccc21. The Bertz CT molecular complexity index is 520. The zero-order chi connectivity index (χ0) is 10.7. The minimum Gasteiger partial charge on any atom is -0.226 e. The third-order valence-corrected chi connectivity index (χ3v) is 2.40. The highest BCUT2D eigenvalue weighted by Gasteiger charge is 2.12. The van der Waals surface area contributed by atoms with E-state index >= 15 is 0 Å². The van der Waals surface area contributed by atoms with Crippen LogP contribution in [0.1, 0.15) is 11.1 Å². The van der Waals surface area contributed by atoms with Gasteiger partial charge in [0.25, 0.3) is 5.70 Å². The van der Waals surface area contributed by atoms with Gasteiger partial charge in [-0.1, -0.05) is 36.4 Å². The molecule has 2 rings (SSSR count). The fourth-order valence-electron chi connectivity index (χ4n) is 1.71. The highest BCUT2D eigenvalue weighted by molar-refractivity contribution is 5.83. The van der Waals surface area contributed by atoms with Crippen LogP contribution in [0.2, 0.25) is 0 Å². The van der Waals surface area contributed by atoms with Crippen LogP contribution in [0.3, 0.4) is 0 Å². The third kappa shape index (κ3) is 1.54. The second-order valence-electron chi connectivity index (χ2n) is 3.25. The van der Waals surface area contributed by atoms with E-state index in [1.54, 1.807) is 0 Å². The Labute approximate surface area is 88.6 Å². The molecule has 0 unspecified atom stereocenters. The minimum atomic E-state index is 0.165. The molecule has 1 aliphatic rings. The Morgan fingerprint density at radius 1 is 1.40 bits per heavy atom. The average molecular weight is 192 g/mol. The van der Waals surface area contributed by atoms with E-state index in [2.05, 4.69) is 4.85 Å². The van der Waals surface area contributed by atoms with Gasteiger partial charge in [0, 0.05) is 0 Å². The summed E-state index contributed by atoms with van der Waals surface area (Å²) >= 11 is 0. The van der Waals surface area contributed by atoms with Crippen LogP contribution in [-0.2, 0) is 6.42 Å². The van der Waals surface area contributed by atoms with Gasteiger partial charge in [-0.2, -0.15) is 0 Å². The monoisotopic (exact) mass is 192 g/mol. The van der Waals surface area contributed by atoms with Crippen LogP contribution in [0, 0.1) is 17.9 Å². The van der Waals surface area contributed by atoms with Crippen molar-refractivity contribution in [1.29, 1.82) is 5.26 Å². The molecule has 0 heterocycles. The summed E-state index contributed by atoms with van der Waals surface area (Å²) in [6, 6.07) is 9.82. The molecule has 1 aromatic rings. The highest BCUT2D eigenvalue weighted by Crippen LogP contribution is 2.28. The number of allylic oxidation sites excluding steroid dienone is 4. The Balaban J connectivity index is 2.68. The second-order valence-corrected chi connectivity index (χ2v) is 3.25. The van der Waals surface area contributed by atoms with Crippen molar-refractivity contribution >= 4 is 5.57 Å². The standard InChI is InChI=1S/C13H8N2/c1-15-13(9-14)12-8-4-6-10-5-2-3-7-11(10)12/h2-5,7-8H,6H2/b13-12-. The van der Waals surface area contributed by atoms with Gasteiger partial charge in [-0.15, -0.1) is 0 Å². The summed E-state index contributed by atoms with van der Waals surface area (Å²) in [5.74, 6) is 0. The fraction of sp³-hybridized carbons (Fsp3) is 0.0769. The quantitative estimate of drug-likeness (QED) is 0.458. The maximum Gasteiger partial charge on any atom is 0.269 e. The van der Waals surface area contributed by atoms with Gasteiger partial charge in [-0.05, 0) is 23.1 Å². The number of benzene rings is 1. The molecule has 0 amide bonds. The molecule has 0 aromatic heterocycles. The zero-order valence-electron chi connectivity index (χ0n) is 8.07. The number of fused-ring (bicyclic) bond motifs is 1. The molecule has 2 heteroatoms. The number of hydrogen-bond acceptors (Lipinski definition) is 1. The lowest BCUT2D eigenvalue weighted by molar-refractivity contribution is 1.23. The van der Waals surface area contributed by atoms with Gasteiger partial charge in [0.15, 0.2) is 0 Å². The van der Waals surface area contributed by atoms with Gasteiger partial charge in [-0.3, -0.25) is 0 Å². The molecular formula is C13H8N2. The van der Waals surface area contributed by atoms with Crippen LogP contribution in [0.25, 0.3) is 10.4 Å². The van der Waals surface area contributed by atoms with E-state index in [4.69, 9.17) is 11.8 Å². The van der Waals surface area contributed by atoms with Crippen molar-refractivity contribution in [2.45, 2.75) is 6.42 Å². The second kappa shape index (κ2) is 3.82. The van der Waals surface area contributed by atoms with Crippen molar-refractivity contribution in [2.75, 3.05) is 0 Å². The van der Waals surface area contributed by atoms with Crippen molar-refractivity contribution < 1.29 is 0 Å². The first-order valence-electron chi connectivity index (χ1n) is 4.63. The predicted octanol–water partition coefficient (Wildman–Crippen LogP) is 2.95. The lowest BCUT2D eigenvalue weighted by Gasteiger charge is -2.13. The van der Waals surface area contributed by atoms with Crippen LogP contribution in [-0.4, -0.2) is 0 Å². The van der Waals surface area contributed by atoms with Crippen molar-refractivity contribution in [3.8, 4) is 6.07 Å². The molecule has 0 bridgehead atoms. The molecule has 0 spiro atoms. The first-order chi connectivity index (χ1) is 7.36. The molecule has 0 aliphatic heterocycles. The molecule has 1 aromatic carbocycles. The van der Waals surface area contributed by atoms with Crippen LogP contribution in [0.5, 0.6) is 0 Å². The molecule has 0 saturated heterocycles. The summed E-state index contributed by atoms with van der Waals surface area (Å²) < 4.78 is 0. The topological polar surface area (TPSA) is 28.1 Å². The van der Waals surface area contributed by atoms with Crippen LogP contribution in [0.15, 0.2) is 42.1 Å². The molecule has 70 valence electrons. The smallest absolute Gasteiger partial charge is 0.226 e. The summed E-state index contributed by atoms with van der Waals surface area (Å²) in [7, 11) is 0. The predicted molar refractivity (Wildman–Crippen MR) is 58.4 cm³/mol. The number of hydrogen-bond donors (Lipinski definition) is 0. The molecular weight excluding hydrogens is 184 g/mol. The van der Waals surface area contributed by atoms with Gasteiger partial charge in [0.05, 0.1) is 12.6 Å². The Morgan fingerprint density at radius 2 is 2.20 bits per heavy atom. The summed E-state index contributed by atoms with van der Waals surface area (Å²) in [6.45, 7) is 6.95. The molecule has 1 aliphatic carbocycles. The number of nitriles is 1. The van der Waals surface area contributed by atoms with Crippen molar-refractivity contribution in [2.24, 2.45) is 0 Å². The summed E-state index contributed by atoms with van der Waals surface area (Å²) in [6.07, 6.45) is 4.72. The highest BCUT2D eigenvalue weighted by atomic mass is 14.7. The van der Waals surface area contributed by atoms with E-state index in [0.29, 0.717) is 0 Å². The first-order valence-corrected chi connectivity index (χ1v) is 4.63.